The second-order valence-corrected chi connectivity index (χ2v) is 17.5. The van der Waals surface area contributed by atoms with Gasteiger partial charge < -0.3 is 0 Å². The van der Waals surface area contributed by atoms with E-state index in [0.717, 1.165) is 0 Å². The molecular weight excluding hydrogens is 810 g/mol. The van der Waals surface area contributed by atoms with Crippen LogP contribution in [0.2, 0.25) is 0 Å². The maximum Gasteiger partial charge on any atom is 0.115 e. The summed E-state index contributed by atoms with van der Waals surface area (Å²) in [6.07, 6.45) is 0. The Morgan fingerprint density at radius 2 is 0.214 bits per heavy atom. The van der Waals surface area contributed by atoms with E-state index in [0.29, 0.717) is 0 Å². The predicted molar refractivity (Wildman–Crippen MR) is 330 cm³/mol. The van der Waals surface area contributed by atoms with E-state index in [1.54, 1.807) is 0 Å². The average Bonchev–Trinajstić information content (AvgIpc) is 3.31. The first-order chi connectivity index (χ1) is 32.7. The first-order valence-corrected chi connectivity index (χ1v) is 20.8. The topological polar surface area (TPSA) is 0 Å². The fraction of sp³-hybridized carbons (Fsp3) is 0. The summed E-state index contributed by atoms with van der Waals surface area (Å²) in [6.45, 7) is 0. The van der Waals surface area contributed by atoms with Gasteiger partial charge in [-0.25, -0.2) is 0 Å². The lowest BCUT2D eigenvalue weighted by atomic mass is 9.54. The highest BCUT2D eigenvalue weighted by molar-refractivity contribution is 6.79. The zero-order chi connectivity index (χ0) is 51.4. The zero-order valence-electron chi connectivity index (χ0n) is 37.0. The molecule has 0 nitrogen and oxygen atoms in total. The second kappa shape index (κ2) is 16.2. The largest absolute Gasteiger partial charge is 0.115 e. The molecule has 0 atom stereocenters. The van der Waals surface area contributed by atoms with Gasteiger partial charge in [0.2, 0.25) is 0 Å². The third-order valence-corrected chi connectivity index (χ3v) is 14.3. The van der Waals surface area contributed by atoms with E-state index in [1.807, 2.05) is 0 Å². The first-order valence-electron chi connectivity index (χ1n) is 20.8. The molecule has 0 amide bonds. The fourth-order valence-electron chi connectivity index (χ4n) is 10.7. The average molecular weight is 810 g/mol. The molecule has 0 N–H and O–H groups in total. The van der Waals surface area contributed by atoms with Gasteiger partial charge in [0, 0.05) is 0 Å². The van der Waals surface area contributed by atoms with Crippen LogP contribution in [-0.4, -0.2) is 204 Å². The Kier molecular flexibility index (Phi) is 11.5. The molecule has 10 aromatic rings. The fourth-order valence-corrected chi connectivity index (χ4v) is 10.7. The minimum atomic E-state index is -0.239. The van der Waals surface area contributed by atoms with Crippen molar-refractivity contribution < 1.29 is 0 Å². The molecule has 0 aromatic heterocycles. The molecule has 0 fully saturated rings. The highest BCUT2D eigenvalue weighted by atomic mass is 14.3. The Hall–Kier alpha value is -4.03. The van der Waals surface area contributed by atoms with Crippen LogP contribution in [0, 0.1) is 0 Å². The molecule has 0 aliphatic carbocycles. The van der Waals surface area contributed by atoms with Gasteiger partial charge >= 0.3 is 0 Å². The third-order valence-electron chi connectivity index (χ3n) is 14.3. The van der Waals surface area contributed by atoms with Crippen molar-refractivity contribution in [3.8, 4) is 33.4 Å². The number of hydrogen-bond acceptors (Lipinski definition) is 0. The molecule has 10 rings (SSSR count). The van der Waals surface area contributed by atoms with E-state index in [9.17, 15) is 0 Å². The van der Waals surface area contributed by atoms with Crippen LogP contribution in [0.5, 0.6) is 0 Å². The van der Waals surface area contributed by atoms with Gasteiger partial charge in [0.15, 0.2) is 0 Å². The summed E-state index contributed by atoms with van der Waals surface area (Å²) in [5.41, 5.74) is -3.11. The van der Waals surface area contributed by atoms with E-state index in [4.69, 9.17) is 204 Å². The van der Waals surface area contributed by atoms with Crippen LogP contribution < -0.4 is 142 Å². The Morgan fingerprint density at radius 3 is 0.471 bits per heavy atom. The molecule has 0 unspecified atom stereocenters. The summed E-state index contributed by atoms with van der Waals surface area (Å²) in [7, 11) is 178. The van der Waals surface area contributed by atoms with Gasteiger partial charge in [-0.15, -0.1) is 27.3 Å². The van der Waals surface area contributed by atoms with Gasteiger partial charge in [0.05, 0.1) is 0 Å². The van der Waals surface area contributed by atoms with Crippen LogP contribution in [0.3, 0.4) is 0 Å². The second-order valence-electron chi connectivity index (χ2n) is 17.5. The van der Waals surface area contributed by atoms with Gasteiger partial charge in [-0.1, -0.05) is 115 Å². The molecule has 0 bridgehead atoms. The smallest absolute Gasteiger partial charge is 0.112 e. The normalized spacial score (nSPS) is 12.1. The molecule has 0 spiro atoms. The minimum Gasteiger partial charge on any atom is -0.112 e. The highest BCUT2D eigenvalue weighted by Gasteiger charge is 2.32. The standard InChI is InChI=1S/C44B26/c45-19-15(7-5-1-3-11(28(54)22(5)48)34(60)40(66)36(62)13(3)32(58)30(56)9(1)26(52)24(7)50)20(46)17(18-38(64)42(68)44(70)43(69)39(18)65)21(47)16(19)8-6-2-4-12(29(55)23(6)49)35(61)41(67)37(63)14(4)33(59)31(57)10(2)27(53)25(8)51. The molecule has 0 aliphatic rings. The van der Waals surface area contributed by atoms with E-state index < -0.39 is 0 Å². The van der Waals surface area contributed by atoms with Crippen LogP contribution in [0.1, 0.15) is 0 Å². The van der Waals surface area contributed by atoms with E-state index in [2.05, 4.69) is 0 Å². The molecule has 0 heterocycles. The molecule has 10 aromatic carbocycles. The van der Waals surface area contributed by atoms with Crippen molar-refractivity contribution in [2.45, 2.75) is 0 Å². The maximum atomic E-state index is 7.53. The van der Waals surface area contributed by atoms with Crippen LogP contribution in [0.4, 0.5) is 0 Å². The van der Waals surface area contributed by atoms with Crippen molar-refractivity contribution in [2.24, 2.45) is 0 Å². The lowest BCUT2D eigenvalue weighted by molar-refractivity contribution is 1.79. The van der Waals surface area contributed by atoms with E-state index >= 15 is 0 Å². The van der Waals surface area contributed by atoms with Crippen molar-refractivity contribution >= 4 is 411 Å². The Balaban J connectivity index is 1.54. The maximum absolute atomic E-state index is 7.53. The Bertz CT molecular complexity index is 3870. The van der Waals surface area contributed by atoms with Crippen molar-refractivity contribution in [1.29, 1.82) is 0 Å². The lowest BCUT2D eigenvalue weighted by Crippen LogP contribution is -2.56. The van der Waals surface area contributed by atoms with Gasteiger partial charge in [-0.2, -0.15) is 0 Å². The number of benzene rings is 10. The summed E-state index contributed by atoms with van der Waals surface area (Å²) in [5, 5.41) is 2.34. The van der Waals surface area contributed by atoms with Crippen LogP contribution in [0.15, 0.2) is 0 Å². The van der Waals surface area contributed by atoms with Crippen LogP contribution in [0.25, 0.3) is 98.0 Å². The van der Waals surface area contributed by atoms with E-state index in [1.165, 1.54) is 0 Å². The molecule has 26 heteroatoms. The van der Waals surface area contributed by atoms with Crippen molar-refractivity contribution in [3.63, 3.8) is 0 Å². The van der Waals surface area contributed by atoms with Crippen LogP contribution >= 0.6 is 0 Å². The third kappa shape index (κ3) is 5.86. The lowest BCUT2D eigenvalue weighted by Gasteiger charge is -2.34. The van der Waals surface area contributed by atoms with Crippen molar-refractivity contribution in [3.05, 3.63) is 0 Å². The quantitative estimate of drug-likeness (QED) is 0.123. The van der Waals surface area contributed by atoms with Gasteiger partial charge in [0.25, 0.3) is 0 Å². The van der Waals surface area contributed by atoms with Gasteiger partial charge in [-0.3, -0.25) is 0 Å². The minimum absolute atomic E-state index is 0.000822. The van der Waals surface area contributed by atoms with Gasteiger partial charge in [-0.05, 0) is 98.0 Å². The molecule has 0 saturated carbocycles. The monoisotopic (exact) mass is 814 g/mol. The molecular formula is C44B26. The van der Waals surface area contributed by atoms with Crippen molar-refractivity contribution in [2.75, 3.05) is 0 Å². The first kappa shape index (κ1) is 49.5. The molecule has 254 valence electrons. The number of hydrogen-bond donors (Lipinski definition) is 0. The summed E-state index contributed by atoms with van der Waals surface area (Å²) in [6, 6.07) is 0. The summed E-state index contributed by atoms with van der Waals surface area (Å²) in [5.74, 6) is 0. The summed E-state index contributed by atoms with van der Waals surface area (Å²) >= 11 is 0. The summed E-state index contributed by atoms with van der Waals surface area (Å²) in [4.78, 5) is 0. The van der Waals surface area contributed by atoms with E-state index in [-0.39, 0.29) is 240 Å². The molecule has 0 saturated heterocycles. The Morgan fingerprint density at radius 1 is 0.0857 bits per heavy atom. The highest BCUT2D eigenvalue weighted by Crippen LogP contribution is 2.37. The van der Waals surface area contributed by atoms with Crippen LogP contribution in [-0.2, 0) is 0 Å². The zero-order valence-corrected chi connectivity index (χ0v) is 37.0. The van der Waals surface area contributed by atoms with Gasteiger partial charge in [0.1, 0.15) is 204 Å². The SMILES string of the molecule is [B]c1c([B])c([B])c(-c2c([B])c(-c3c([B])c([B])c4c([B])c([B])c5c([B])c([B])c([B])c6c([B])c([B])c3c4c56)c([B])c(-c3c([B])c([B])c4c([B])c([B])c5c([B])c([B])c([B])c6c([B])c([B])c3c4c56)c2[B])c([B])c1[B]. The molecule has 52 radical (unpaired) electrons. The number of rotatable bonds is 3. The summed E-state index contributed by atoms with van der Waals surface area (Å²) < 4.78 is 0. The molecule has 70 heavy (non-hydrogen) atoms. The predicted octanol–water partition coefficient (Wildman–Crippen LogP) is -18.9. The Labute approximate surface area is 441 Å². The van der Waals surface area contributed by atoms with Crippen molar-refractivity contribution in [1.82, 2.24) is 0 Å². The molecule has 0 aliphatic heterocycles.